The van der Waals surface area contributed by atoms with Gasteiger partial charge in [0.15, 0.2) is 23.0 Å². The molecule has 5 N–H and O–H groups in total. The van der Waals surface area contributed by atoms with E-state index in [0.717, 1.165) is 54.4 Å². The van der Waals surface area contributed by atoms with Crippen LogP contribution < -0.4 is 10.1 Å². The van der Waals surface area contributed by atoms with Crippen molar-refractivity contribution in [2.45, 2.75) is 74.8 Å². The molecule has 1 aliphatic heterocycles. The lowest BCUT2D eigenvalue weighted by Crippen LogP contribution is -2.69. The van der Waals surface area contributed by atoms with E-state index in [1.165, 1.54) is 7.11 Å². The number of carbonyl (C=O) groups is 1. The number of carbonyl (C=O) groups excluding carboxylic acids is 1. The first-order valence-corrected chi connectivity index (χ1v) is 16.7. The van der Waals surface area contributed by atoms with Gasteiger partial charge in [0.05, 0.1) is 13.2 Å². The SMILES string of the molecule is COc1cc(C2CC(=O)CC(O)C3C(C#CC2Cc2ccccc2)CNC2CCCC4CCc5cc(O)c(O)cc5C423)ccc1O. The van der Waals surface area contributed by atoms with Crippen molar-refractivity contribution in [3.05, 3.63) is 82.9 Å². The fourth-order valence-electron chi connectivity index (χ4n) is 9.57. The summed E-state index contributed by atoms with van der Waals surface area (Å²) in [7, 11) is 1.51. The number of phenols is 3. The smallest absolute Gasteiger partial charge is 0.160 e. The van der Waals surface area contributed by atoms with Crippen LogP contribution in [0.5, 0.6) is 23.0 Å². The molecular formula is C39H43NO6. The second-order valence-corrected chi connectivity index (χ2v) is 13.8. The number of aliphatic hydroxyl groups excluding tert-OH is 1. The highest BCUT2D eigenvalue weighted by Crippen LogP contribution is 2.59. The molecule has 1 heterocycles. The summed E-state index contributed by atoms with van der Waals surface area (Å²) in [6.45, 7) is 0.608. The summed E-state index contributed by atoms with van der Waals surface area (Å²) in [6, 6.07) is 18.9. The number of hydrogen-bond acceptors (Lipinski definition) is 7. The van der Waals surface area contributed by atoms with E-state index in [1.807, 2.05) is 24.3 Å². The average Bonchev–Trinajstić information content (AvgIpc) is 3.05. The molecule has 1 saturated heterocycles. The third-order valence-corrected chi connectivity index (χ3v) is 11.5. The van der Waals surface area contributed by atoms with Crippen molar-refractivity contribution < 1.29 is 30.0 Å². The Hall–Kier alpha value is -3.99. The lowest BCUT2D eigenvalue weighted by atomic mass is 9.45. The van der Waals surface area contributed by atoms with Gasteiger partial charge in [0.1, 0.15) is 5.78 Å². The largest absolute Gasteiger partial charge is 0.504 e. The summed E-state index contributed by atoms with van der Waals surface area (Å²) in [5.74, 6) is 6.71. The Morgan fingerprint density at radius 2 is 1.74 bits per heavy atom. The molecule has 3 aromatic rings. The summed E-state index contributed by atoms with van der Waals surface area (Å²) in [6.07, 6.45) is 4.72. The molecule has 46 heavy (non-hydrogen) atoms. The monoisotopic (exact) mass is 621 g/mol. The van der Waals surface area contributed by atoms with Crippen LogP contribution in [0, 0.1) is 35.5 Å². The highest BCUT2D eigenvalue weighted by atomic mass is 16.5. The van der Waals surface area contributed by atoms with Crippen LogP contribution in [0.3, 0.4) is 0 Å². The molecule has 1 saturated carbocycles. The first-order valence-electron chi connectivity index (χ1n) is 16.7. The lowest BCUT2D eigenvalue weighted by molar-refractivity contribution is -0.125. The number of rotatable bonds is 4. The number of Topliss-reactive ketones (excluding diaryl/α,β-unsaturated/α-hetero) is 1. The van der Waals surface area contributed by atoms with Gasteiger partial charge < -0.3 is 30.5 Å². The van der Waals surface area contributed by atoms with Gasteiger partial charge in [0, 0.05) is 54.5 Å². The van der Waals surface area contributed by atoms with Gasteiger partial charge in [-0.1, -0.05) is 54.7 Å². The number of ether oxygens (including phenoxy) is 1. The van der Waals surface area contributed by atoms with E-state index in [9.17, 15) is 25.2 Å². The fourth-order valence-corrected chi connectivity index (χ4v) is 9.57. The fraction of sp³-hybridized carbons (Fsp3) is 0.462. The maximum absolute atomic E-state index is 14.1. The normalized spacial score (nSPS) is 32.0. The first-order chi connectivity index (χ1) is 22.3. The molecule has 3 aromatic carbocycles. The van der Waals surface area contributed by atoms with Crippen molar-refractivity contribution in [2.75, 3.05) is 13.7 Å². The number of aromatic hydroxyl groups is 3. The van der Waals surface area contributed by atoms with Crippen LogP contribution in [0.15, 0.2) is 60.7 Å². The number of methoxy groups -OCH3 is 1. The number of fused-ring (bicyclic) bond motifs is 2. The number of hydrogen-bond donors (Lipinski definition) is 5. The lowest BCUT2D eigenvalue weighted by Gasteiger charge is -2.62. The van der Waals surface area contributed by atoms with E-state index >= 15 is 0 Å². The molecule has 1 spiro atoms. The minimum atomic E-state index is -0.917. The Morgan fingerprint density at radius 1 is 0.935 bits per heavy atom. The zero-order valence-corrected chi connectivity index (χ0v) is 26.3. The third kappa shape index (κ3) is 5.22. The second-order valence-electron chi connectivity index (χ2n) is 13.8. The van der Waals surface area contributed by atoms with Crippen LogP contribution in [0.2, 0.25) is 0 Å². The summed E-state index contributed by atoms with van der Waals surface area (Å²) >= 11 is 0. The van der Waals surface area contributed by atoms with Crippen LogP contribution in [0.1, 0.15) is 66.7 Å². The van der Waals surface area contributed by atoms with Crippen molar-refractivity contribution in [3.63, 3.8) is 0 Å². The van der Waals surface area contributed by atoms with Gasteiger partial charge in [-0.3, -0.25) is 4.79 Å². The van der Waals surface area contributed by atoms with Gasteiger partial charge in [-0.2, -0.15) is 0 Å². The average molecular weight is 622 g/mol. The highest BCUT2D eigenvalue weighted by Gasteiger charge is 2.61. The molecule has 8 unspecified atom stereocenters. The maximum Gasteiger partial charge on any atom is 0.160 e. The molecular weight excluding hydrogens is 578 g/mol. The van der Waals surface area contributed by atoms with Gasteiger partial charge in [-0.05, 0) is 84.5 Å². The Morgan fingerprint density at radius 3 is 2.54 bits per heavy atom. The molecule has 0 aromatic heterocycles. The van der Waals surface area contributed by atoms with Gasteiger partial charge >= 0.3 is 0 Å². The number of piperidine rings is 1. The van der Waals surface area contributed by atoms with Crippen LogP contribution in [0.25, 0.3) is 0 Å². The Balaban J connectivity index is 1.38. The zero-order chi connectivity index (χ0) is 32.0. The molecule has 3 aliphatic carbocycles. The Bertz CT molecular complexity index is 1680. The molecule has 0 radical (unpaired) electrons. The number of ketones is 1. The van der Waals surface area contributed by atoms with Crippen molar-refractivity contribution in [1.82, 2.24) is 5.32 Å². The van der Waals surface area contributed by atoms with E-state index in [-0.39, 0.29) is 71.5 Å². The topological polar surface area (TPSA) is 119 Å². The molecule has 7 nitrogen and oxygen atoms in total. The molecule has 8 atom stereocenters. The van der Waals surface area contributed by atoms with Crippen LogP contribution >= 0.6 is 0 Å². The summed E-state index contributed by atoms with van der Waals surface area (Å²) in [5.41, 5.74) is 3.47. The standard InChI is InChI=1S/C39H43NO6/c1-46-36-18-25(13-15-32(36)42)30-19-29(41)20-35(45)38-27(11-10-24(30)16-23-6-3-2-4-7-23)22-40-37-9-5-8-28-14-12-26-17-33(43)34(44)21-31(26)39(28,37)38/h2-4,6-7,13,15,17-18,21,24,27-28,30,35,37-38,40,42-45H,5,8-9,12,14,16,19-20,22H2,1H3. The molecule has 2 fully saturated rings. The quantitative estimate of drug-likeness (QED) is 0.196. The predicted octanol–water partition coefficient (Wildman–Crippen LogP) is 5.37. The minimum Gasteiger partial charge on any atom is -0.504 e. The maximum atomic E-state index is 14.1. The molecule has 4 aliphatic rings. The molecule has 7 rings (SSSR count). The Kier molecular flexibility index (Phi) is 8.21. The van der Waals surface area contributed by atoms with Gasteiger partial charge in [0.25, 0.3) is 0 Å². The van der Waals surface area contributed by atoms with E-state index in [2.05, 4.69) is 29.3 Å². The van der Waals surface area contributed by atoms with Crippen LogP contribution in [-0.2, 0) is 23.1 Å². The number of aryl methyl sites for hydroxylation is 1. The van der Waals surface area contributed by atoms with Gasteiger partial charge in [0.2, 0.25) is 0 Å². The first kappa shape index (κ1) is 30.7. The summed E-state index contributed by atoms with van der Waals surface area (Å²) in [4.78, 5) is 14.1. The number of phenolic OH excluding ortho intramolecular Hbond substituents is 3. The summed E-state index contributed by atoms with van der Waals surface area (Å²) in [5, 5.41) is 47.6. The van der Waals surface area contributed by atoms with Gasteiger partial charge in [-0.25, -0.2) is 0 Å². The molecule has 7 heteroatoms. The van der Waals surface area contributed by atoms with Crippen molar-refractivity contribution in [3.8, 4) is 34.8 Å². The number of aliphatic hydroxyl groups is 1. The van der Waals surface area contributed by atoms with Crippen molar-refractivity contribution >= 4 is 5.78 Å². The van der Waals surface area contributed by atoms with E-state index in [4.69, 9.17) is 4.74 Å². The molecule has 240 valence electrons. The van der Waals surface area contributed by atoms with Crippen LogP contribution in [-0.4, -0.2) is 52.0 Å². The van der Waals surface area contributed by atoms with Crippen molar-refractivity contribution in [1.29, 1.82) is 0 Å². The third-order valence-electron chi connectivity index (χ3n) is 11.5. The van der Waals surface area contributed by atoms with E-state index in [0.29, 0.717) is 18.7 Å². The minimum absolute atomic E-state index is 0.0199. The highest BCUT2D eigenvalue weighted by molar-refractivity contribution is 5.80. The summed E-state index contributed by atoms with van der Waals surface area (Å²) < 4.78 is 5.44. The second kappa shape index (κ2) is 12.3. The number of benzene rings is 3. The number of nitrogens with one attached hydrogen (secondary N) is 1. The molecule has 0 amide bonds. The Labute approximate surface area is 270 Å². The van der Waals surface area contributed by atoms with E-state index < -0.39 is 11.5 Å². The zero-order valence-electron chi connectivity index (χ0n) is 26.3. The van der Waals surface area contributed by atoms with Crippen LogP contribution in [0.4, 0.5) is 0 Å². The molecule has 0 bridgehead atoms. The van der Waals surface area contributed by atoms with E-state index in [1.54, 1.807) is 24.3 Å². The van der Waals surface area contributed by atoms with Crippen molar-refractivity contribution in [2.24, 2.45) is 23.7 Å². The predicted molar refractivity (Wildman–Crippen MR) is 175 cm³/mol. The van der Waals surface area contributed by atoms with Gasteiger partial charge in [-0.15, -0.1) is 0 Å².